The van der Waals surface area contributed by atoms with Gasteiger partial charge in [0.25, 0.3) is 0 Å². The van der Waals surface area contributed by atoms with Gasteiger partial charge in [0.2, 0.25) is 0 Å². The highest BCUT2D eigenvalue weighted by Gasteiger charge is 2.51. The minimum absolute atomic E-state index is 0.577. The van der Waals surface area contributed by atoms with Crippen LogP contribution in [-0.4, -0.2) is 168 Å². The number of aliphatic hydroxyl groups excluding tert-OH is 11. The SMILES string of the molecule is OC[C@H]1O[C@@H](O[C@H]2[C@H](O)[C@@H](O)[C@H](OC[C@H]3O[C@@H](O)[C@H](O)[C@@H](O)[C@@H]3O)O[C@@H]2CO)[C@H](O)[C@@H](O)[C@@H]1O. The second kappa shape index (κ2) is 11.6. The highest BCUT2D eigenvalue weighted by atomic mass is 16.7. The number of hydrogen-bond acceptors (Lipinski definition) is 16. The molecule has 3 aliphatic heterocycles. The molecule has 0 bridgehead atoms. The van der Waals surface area contributed by atoms with E-state index in [4.69, 9.17) is 23.7 Å². The Labute approximate surface area is 192 Å². The zero-order valence-electron chi connectivity index (χ0n) is 17.7. The van der Waals surface area contributed by atoms with Gasteiger partial charge in [-0.3, -0.25) is 0 Å². The smallest absolute Gasteiger partial charge is 0.187 e. The van der Waals surface area contributed by atoms with Gasteiger partial charge in [-0.05, 0) is 0 Å². The Balaban J connectivity index is 1.63. The summed E-state index contributed by atoms with van der Waals surface area (Å²) in [6.45, 7) is -2.09. The standard InChI is InChI=1S/C18H32O16/c19-1-4-7(21)10(24)13(27)18(32-4)34-15-5(2-20)33-17(14(28)11(15)25)30-3-6-8(22)9(23)12(26)16(29)31-6/h4-29H,1-3H2/t4-,5-,6-,7-,8-,9+,10+,11-,12-,13-,14-,15-,16-,17-,18+/m1/s1. The maximum Gasteiger partial charge on any atom is 0.187 e. The highest BCUT2D eigenvalue weighted by Crippen LogP contribution is 2.30. The molecule has 0 aromatic heterocycles. The van der Waals surface area contributed by atoms with Gasteiger partial charge in [0.05, 0.1) is 19.8 Å². The average Bonchev–Trinajstić information content (AvgIpc) is 2.83. The Kier molecular flexibility index (Phi) is 9.54. The largest absolute Gasteiger partial charge is 0.394 e. The first kappa shape index (κ1) is 27.9. The van der Waals surface area contributed by atoms with Crippen molar-refractivity contribution in [2.24, 2.45) is 0 Å². The van der Waals surface area contributed by atoms with E-state index >= 15 is 0 Å². The van der Waals surface area contributed by atoms with E-state index in [2.05, 4.69) is 0 Å². The minimum Gasteiger partial charge on any atom is -0.394 e. The summed E-state index contributed by atoms with van der Waals surface area (Å²) in [5.41, 5.74) is 0. The lowest BCUT2D eigenvalue weighted by atomic mass is 9.97. The van der Waals surface area contributed by atoms with Crippen LogP contribution in [0.3, 0.4) is 0 Å². The molecule has 0 spiro atoms. The molecule has 0 aromatic carbocycles. The lowest BCUT2D eigenvalue weighted by Crippen LogP contribution is -2.65. The predicted molar refractivity (Wildman–Crippen MR) is 101 cm³/mol. The maximum absolute atomic E-state index is 10.5. The van der Waals surface area contributed by atoms with Crippen molar-refractivity contribution in [3.8, 4) is 0 Å². The fraction of sp³-hybridized carbons (Fsp3) is 1.00. The molecular formula is C18H32O16. The summed E-state index contributed by atoms with van der Waals surface area (Å²) in [5, 5.41) is 109. The van der Waals surface area contributed by atoms with Crippen LogP contribution in [0.25, 0.3) is 0 Å². The first-order valence-corrected chi connectivity index (χ1v) is 10.6. The Morgan fingerprint density at radius 3 is 1.65 bits per heavy atom. The van der Waals surface area contributed by atoms with Gasteiger partial charge in [0.1, 0.15) is 73.2 Å². The fourth-order valence-electron chi connectivity index (χ4n) is 3.95. The van der Waals surface area contributed by atoms with Crippen molar-refractivity contribution >= 4 is 0 Å². The highest BCUT2D eigenvalue weighted by molar-refractivity contribution is 4.94. The van der Waals surface area contributed by atoms with Crippen molar-refractivity contribution in [1.82, 2.24) is 0 Å². The topological polar surface area (TPSA) is 269 Å². The summed E-state index contributed by atoms with van der Waals surface area (Å²) >= 11 is 0. The molecule has 3 rings (SSSR count). The molecule has 3 aliphatic rings. The molecule has 34 heavy (non-hydrogen) atoms. The van der Waals surface area contributed by atoms with Crippen molar-refractivity contribution in [2.45, 2.75) is 92.1 Å². The van der Waals surface area contributed by atoms with Crippen molar-refractivity contribution < 1.29 is 79.9 Å². The van der Waals surface area contributed by atoms with E-state index in [-0.39, 0.29) is 0 Å². The second-order valence-corrected chi connectivity index (χ2v) is 8.37. The number of rotatable bonds is 7. The molecule has 3 saturated heterocycles. The molecule has 0 saturated carbocycles. The molecule has 15 atom stereocenters. The molecule has 0 aromatic rings. The number of aliphatic hydroxyl groups is 11. The summed E-state index contributed by atoms with van der Waals surface area (Å²) < 4.78 is 26.2. The van der Waals surface area contributed by atoms with Gasteiger partial charge in [-0.2, -0.15) is 0 Å². The average molecular weight is 504 g/mol. The summed E-state index contributed by atoms with van der Waals surface area (Å²) in [5.74, 6) is 0. The van der Waals surface area contributed by atoms with Crippen LogP contribution in [0.5, 0.6) is 0 Å². The van der Waals surface area contributed by atoms with Crippen LogP contribution in [0.4, 0.5) is 0 Å². The van der Waals surface area contributed by atoms with Crippen molar-refractivity contribution in [2.75, 3.05) is 19.8 Å². The van der Waals surface area contributed by atoms with Gasteiger partial charge in [-0.25, -0.2) is 0 Å². The van der Waals surface area contributed by atoms with Crippen molar-refractivity contribution in [3.63, 3.8) is 0 Å². The van der Waals surface area contributed by atoms with E-state index in [1.807, 2.05) is 0 Å². The summed E-state index contributed by atoms with van der Waals surface area (Å²) in [7, 11) is 0. The molecule has 16 heteroatoms. The van der Waals surface area contributed by atoms with E-state index in [1.54, 1.807) is 0 Å². The molecule has 11 N–H and O–H groups in total. The number of hydrogen-bond donors (Lipinski definition) is 11. The molecule has 16 nitrogen and oxygen atoms in total. The van der Waals surface area contributed by atoms with E-state index < -0.39 is 112 Å². The van der Waals surface area contributed by atoms with E-state index in [0.717, 1.165) is 0 Å². The van der Waals surface area contributed by atoms with Crippen LogP contribution in [0.1, 0.15) is 0 Å². The monoisotopic (exact) mass is 504 g/mol. The third-order valence-corrected chi connectivity index (χ3v) is 6.07. The van der Waals surface area contributed by atoms with Crippen molar-refractivity contribution in [1.29, 1.82) is 0 Å². The van der Waals surface area contributed by atoms with Gasteiger partial charge in [0, 0.05) is 0 Å². The first-order chi connectivity index (χ1) is 16.0. The Hall–Kier alpha value is -0.640. The normalized spacial score (nSPS) is 52.5. The lowest BCUT2D eigenvalue weighted by Gasteiger charge is -2.46. The van der Waals surface area contributed by atoms with Crippen LogP contribution in [0, 0.1) is 0 Å². The zero-order valence-corrected chi connectivity index (χ0v) is 17.7. The minimum atomic E-state index is -1.82. The quantitative estimate of drug-likeness (QED) is 0.154. The molecule has 0 unspecified atom stereocenters. The molecule has 200 valence electrons. The lowest BCUT2D eigenvalue weighted by molar-refractivity contribution is -0.363. The second-order valence-electron chi connectivity index (χ2n) is 8.37. The third kappa shape index (κ3) is 5.52. The summed E-state index contributed by atoms with van der Waals surface area (Å²) in [6.07, 6.45) is -24.7. The Morgan fingerprint density at radius 1 is 0.500 bits per heavy atom. The molecule has 0 amide bonds. The summed E-state index contributed by atoms with van der Waals surface area (Å²) in [6, 6.07) is 0. The third-order valence-electron chi connectivity index (χ3n) is 6.07. The van der Waals surface area contributed by atoms with Crippen LogP contribution in [0.15, 0.2) is 0 Å². The molecule has 0 aliphatic carbocycles. The molecular weight excluding hydrogens is 472 g/mol. The molecule has 3 heterocycles. The van der Waals surface area contributed by atoms with Crippen LogP contribution in [0.2, 0.25) is 0 Å². The van der Waals surface area contributed by atoms with Gasteiger partial charge < -0.3 is 79.9 Å². The Morgan fingerprint density at radius 2 is 1.03 bits per heavy atom. The van der Waals surface area contributed by atoms with Gasteiger partial charge in [-0.1, -0.05) is 0 Å². The van der Waals surface area contributed by atoms with Crippen LogP contribution < -0.4 is 0 Å². The van der Waals surface area contributed by atoms with E-state index in [1.165, 1.54) is 0 Å². The maximum atomic E-state index is 10.5. The number of ether oxygens (including phenoxy) is 5. The van der Waals surface area contributed by atoms with E-state index in [0.29, 0.717) is 0 Å². The fourth-order valence-corrected chi connectivity index (χ4v) is 3.95. The Bertz CT molecular complexity index is 637. The zero-order chi connectivity index (χ0) is 25.3. The predicted octanol–water partition coefficient (Wildman–Crippen LogP) is -7.57. The molecule has 0 radical (unpaired) electrons. The van der Waals surface area contributed by atoms with Crippen LogP contribution in [-0.2, 0) is 23.7 Å². The van der Waals surface area contributed by atoms with Crippen LogP contribution >= 0.6 is 0 Å². The van der Waals surface area contributed by atoms with Crippen molar-refractivity contribution in [3.05, 3.63) is 0 Å². The first-order valence-electron chi connectivity index (χ1n) is 10.6. The van der Waals surface area contributed by atoms with Gasteiger partial charge in [0.15, 0.2) is 18.9 Å². The summed E-state index contributed by atoms with van der Waals surface area (Å²) in [4.78, 5) is 0. The van der Waals surface area contributed by atoms with Gasteiger partial charge in [-0.15, -0.1) is 0 Å². The van der Waals surface area contributed by atoms with Gasteiger partial charge >= 0.3 is 0 Å². The molecule has 3 fully saturated rings. The van der Waals surface area contributed by atoms with E-state index in [9.17, 15) is 56.2 Å².